The average Bonchev–Trinajstić information content (AvgIpc) is 2.87. The van der Waals surface area contributed by atoms with E-state index in [2.05, 4.69) is 42.2 Å². The van der Waals surface area contributed by atoms with Crippen LogP contribution in [0, 0.1) is 0 Å². The highest BCUT2D eigenvalue weighted by molar-refractivity contribution is 5.92. The molecule has 1 aliphatic carbocycles. The number of nitrogens with zero attached hydrogens (tertiary/aromatic N) is 1. The first-order valence-corrected chi connectivity index (χ1v) is 6.65. The zero-order valence-corrected chi connectivity index (χ0v) is 10.7. The van der Waals surface area contributed by atoms with Crippen molar-refractivity contribution in [3.8, 4) is 0 Å². The Bertz CT molecular complexity index is 375. The number of hydrogen-bond acceptors (Lipinski definition) is 1. The van der Waals surface area contributed by atoms with Gasteiger partial charge in [-0.15, -0.1) is 0 Å². The van der Waals surface area contributed by atoms with E-state index in [9.17, 15) is 0 Å². The summed E-state index contributed by atoms with van der Waals surface area (Å²) in [6.07, 6.45) is 5.88. The predicted molar refractivity (Wildman–Crippen MR) is 73.4 cm³/mol. The van der Waals surface area contributed by atoms with Crippen LogP contribution in [0.5, 0.6) is 0 Å². The fourth-order valence-electron chi connectivity index (χ4n) is 2.81. The highest BCUT2D eigenvalue weighted by atomic mass is 14.9. The van der Waals surface area contributed by atoms with Gasteiger partial charge in [-0.05, 0) is 24.8 Å². The van der Waals surface area contributed by atoms with Crippen LogP contribution in [0.1, 0.15) is 44.6 Å². The zero-order valence-electron chi connectivity index (χ0n) is 10.7. The summed E-state index contributed by atoms with van der Waals surface area (Å²) in [4.78, 5) is 4.57. The number of hydrogen-bond donors (Lipinski definition) is 1. The number of benzene rings is 1. The van der Waals surface area contributed by atoms with Crippen LogP contribution in [0.4, 0.5) is 0 Å². The van der Waals surface area contributed by atoms with E-state index in [4.69, 9.17) is 5.73 Å². The van der Waals surface area contributed by atoms with Gasteiger partial charge in [0, 0.05) is 6.54 Å². The normalized spacial score (nSPS) is 19.5. The maximum Gasteiger partial charge on any atom is 0.104 e. The first-order valence-electron chi connectivity index (χ1n) is 6.65. The van der Waals surface area contributed by atoms with Gasteiger partial charge in [-0.2, -0.15) is 0 Å². The third-order valence-electron chi connectivity index (χ3n) is 3.78. The third-order valence-corrected chi connectivity index (χ3v) is 3.78. The van der Waals surface area contributed by atoms with E-state index in [1.165, 1.54) is 18.4 Å². The zero-order chi connectivity index (χ0) is 12.1. The monoisotopic (exact) mass is 230 g/mol. The molecule has 1 fully saturated rings. The largest absolute Gasteiger partial charge is 0.387 e. The molecule has 1 saturated carbocycles. The first-order chi connectivity index (χ1) is 8.29. The Morgan fingerprint density at radius 3 is 2.47 bits per heavy atom. The third kappa shape index (κ3) is 2.36. The van der Waals surface area contributed by atoms with Gasteiger partial charge in [0.1, 0.15) is 5.84 Å². The molecule has 17 heavy (non-hydrogen) atoms. The van der Waals surface area contributed by atoms with E-state index in [1.807, 2.05) is 0 Å². The van der Waals surface area contributed by atoms with Gasteiger partial charge >= 0.3 is 0 Å². The smallest absolute Gasteiger partial charge is 0.104 e. The molecular formula is C15H22N2. The minimum atomic E-state index is 0.0242. The van der Waals surface area contributed by atoms with Crippen molar-refractivity contribution < 1.29 is 0 Å². The van der Waals surface area contributed by atoms with E-state index in [1.54, 1.807) is 0 Å². The maximum atomic E-state index is 6.28. The Hall–Kier alpha value is -1.31. The summed E-state index contributed by atoms with van der Waals surface area (Å²) >= 11 is 0. The number of aliphatic imine (C=N–C) groups is 1. The topological polar surface area (TPSA) is 38.4 Å². The number of rotatable bonds is 4. The van der Waals surface area contributed by atoms with Gasteiger partial charge in [-0.3, -0.25) is 4.99 Å². The second-order valence-corrected chi connectivity index (χ2v) is 4.92. The summed E-state index contributed by atoms with van der Waals surface area (Å²) in [5.74, 6) is 0.850. The van der Waals surface area contributed by atoms with Gasteiger partial charge in [0.2, 0.25) is 0 Å². The molecule has 2 N–H and O–H groups in total. The fraction of sp³-hybridized carbons (Fsp3) is 0.533. The summed E-state index contributed by atoms with van der Waals surface area (Å²) in [5, 5.41) is 0. The molecule has 2 heteroatoms. The maximum absolute atomic E-state index is 6.28. The summed E-state index contributed by atoms with van der Waals surface area (Å²) in [5.41, 5.74) is 7.65. The van der Waals surface area contributed by atoms with Crippen LogP contribution < -0.4 is 5.73 Å². The molecule has 0 amide bonds. The van der Waals surface area contributed by atoms with E-state index in [-0.39, 0.29) is 5.41 Å². The molecule has 0 saturated heterocycles. The van der Waals surface area contributed by atoms with Gasteiger partial charge in [-0.25, -0.2) is 0 Å². The lowest BCUT2D eigenvalue weighted by molar-refractivity contribution is 0.589. The molecule has 0 unspecified atom stereocenters. The second-order valence-electron chi connectivity index (χ2n) is 4.92. The Morgan fingerprint density at radius 2 is 1.88 bits per heavy atom. The van der Waals surface area contributed by atoms with Crippen LogP contribution in [0.3, 0.4) is 0 Å². The second kappa shape index (κ2) is 5.35. The minimum absolute atomic E-state index is 0.0242. The van der Waals surface area contributed by atoms with Gasteiger partial charge in [0.15, 0.2) is 0 Å². The van der Waals surface area contributed by atoms with Crippen molar-refractivity contribution in [1.82, 2.24) is 0 Å². The predicted octanol–water partition coefficient (Wildman–Crippen LogP) is 3.27. The van der Waals surface area contributed by atoms with Crippen LogP contribution in [-0.4, -0.2) is 12.4 Å². The molecule has 0 atom stereocenters. The fourth-order valence-corrected chi connectivity index (χ4v) is 2.81. The lowest BCUT2D eigenvalue weighted by Crippen LogP contribution is -2.39. The van der Waals surface area contributed by atoms with Crippen LogP contribution in [0.2, 0.25) is 0 Å². The van der Waals surface area contributed by atoms with E-state index in [0.29, 0.717) is 0 Å². The summed E-state index contributed by atoms with van der Waals surface area (Å²) in [7, 11) is 0. The van der Waals surface area contributed by atoms with Crippen molar-refractivity contribution in [2.24, 2.45) is 10.7 Å². The van der Waals surface area contributed by atoms with Crippen molar-refractivity contribution in [1.29, 1.82) is 0 Å². The van der Waals surface area contributed by atoms with Gasteiger partial charge in [0.25, 0.3) is 0 Å². The molecule has 0 bridgehead atoms. The Balaban J connectivity index is 2.33. The van der Waals surface area contributed by atoms with Crippen LogP contribution in [-0.2, 0) is 5.41 Å². The van der Waals surface area contributed by atoms with E-state index < -0.39 is 0 Å². The van der Waals surface area contributed by atoms with Crippen molar-refractivity contribution in [2.75, 3.05) is 6.54 Å². The summed E-state index contributed by atoms with van der Waals surface area (Å²) in [6, 6.07) is 10.6. The molecule has 0 aliphatic heterocycles. The highest BCUT2D eigenvalue weighted by Crippen LogP contribution is 2.41. The quantitative estimate of drug-likeness (QED) is 0.625. The van der Waals surface area contributed by atoms with Crippen molar-refractivity contribution in [3.05, 3.63) is 35.9 Å². The molecular weight excluding hydrogens is 208 g/mol. The Labute approximate surface area is 104 Å². The first kappa shape index (κ1) is 12.2. The molecule has 1 aliphatic rings. The van der Waals surface area contributed by atoms with Crippen molar-refractivity contribution in [2.45, 2.75) is 44.4 Å². The minimum Gasteiger partial charge on any atom is -0.387 e. The number of amidine groups is 1. The van der Waals surface area contributed by atoms with Gasteiger partial charge in [-0.1, -0.05) is 50.1 Å². The molecule has 2 nitrogen and oxygen atoms in total. The molecule has 0 spiro atoms. The highest BCUT2D eigenvalue weighted by Gasteiger charge is 2.39. The van der Waals surface area contributed by atoms with Crippen molar-refractivity contribution in [3.63, 3.8) is 0 Å². The van der Waals surface area contributed by atoms with Crippen molar-refractivity contribution >= 4 is 5.84 Å². The molecule has 2 rings (SSSR count). The molecule has 0 radical (unpaired) electrons. The summed E-state index contributed by atoms with van der Waals surface area (Å²) in [6.45, 7) is 2.99. The average molecular weight is 230 g/mol. The number of nitrogens with two attached hydrogens (primary N) is 1. The van der Waals surface area contributed by atoms with Crippen LogP contribution in [0.25, 0.3) is 0 Å². The molecule has 0 aromatic heterocycles. The Morgan fingerprint density at radius 1 is 1.24 bits per heavy atom. The SMILES string of the molecule is CCCN=C(N)C1(c2ccccc2)CCCC1. The van der Waals surface area contributed by atoms with E-state index in [0.717, 1.165) is 31.6 Å². The lowest BCUT2D eigenvalue weighted by atomic mass is 9.78. The van der Waals surface area contributed by atoms with Crippen LogP contribution in [0.15, 0.2) is 35.3 Å². The van der Waals surface area contributed by atoms with Crippen LogP contribution >= 0.6 is 0 Å². The Kier molecular flexibility index (Phi) is 3.82. The van der Waals surface area contributed by atoms with Gasteiger partial charge < -0.3 is 5.73 Å². The van der Waals surface area contributed by atoms with Gasteiger partial charge in [0.05, 0.1) is 5.41 Å². The lowest BCUT2D eigenvalue weighted by Gasteiger charge is -2.29. The standard InChI is InChI=1S/C15H22N2/c1-2-12-17-14(16)15(10-6-7-11-15)13-8-4-3-5-9-13/h3-5,8-9H,2,6-7,10-12H2,1H3,(H2,16,17). The summed E-state index contributed by atoms with van der Waals surface area (Å²) < 4.78 is 0. The van der Waals surface area contributed by atoms with E-state index >= 15 is 0 Å². The molecule has 1 aromatic rings. The molecule has 1 aromatic carbocycles. The molecule has 92 valence electrons. The molecule has 0 heterocycles.